The van der Waals surface area contributed by atoms with Crippen molar-refractivity contribution in [3.63, 3.8) is 0 Å². The first-order valence-corrected chi connectivity index (χ1v) is 17.7. The second kappa shape index (κ2) is 13.9. The zero-order valence-corrected chi connectivity index (χ0v) is 30.6. The Kier molecular flexibility index (Phi) is 9.16. The number of halogens is 12. The second-order valence-corrected chi connectivity index (χ2v) is 14.1. The number of allylic oxidation sites excluding steroid dienone is 2. The SMILES string of the molecule is N#CC(C#N)=C1c2cc(-c3cc(C(F)(F)F)cc(C(F)(F)F)c3)ccc2-c2c1ccc1c3c(ccc21)C(=C(C#N)C#N)c1cc(-c2cc(C(F)(F)F)cc(C(F)(F)F)c2)ccc1-3. The highest BCUT2D eigenvalue weighted by Crippen LogP contribution is 2.55. The Labute approximate surface area is 341 Å². The third-order valence-corrected chi connectivity index (χ3v) is 10.6. The molecule has 0 radical (unpaired) electrons. The topological polar surface area (TPSA) is 95.2 Å². The molecule has 6 aromatic carbocycles. The Hall–Kier alpha value is -7.82. The second-order valence-electron chi connectivity index (χ2n) is 14.1. The van der Waals surface area contributed by atoms with E-state index in [2.05, 4.69) is 0 Å². The molecule has 16 heteroatoms. The largest absolute Gasteiger partial charge is 0.416 e. The van der Waals surface area contributed by atoms with Crippen LogP contribution in [-0.2, 0) is 24.7 Å². The van der Waals surface area contributed by atoms with E-state index in [0.29, 0.717) is 68.4 Å². The molecule has 0 fully saturated rings. The molecule has 4 nitrogen and oxygen atoms in total. The monoisotopic (exact) mass is 852 g/mol. The summed E-state index contributed by atoms with van der Waals surface area (Å²) >= 11 is 0. The van der Waals surface area contributed by atoms with Crippen molar-refractivity contribution >= 4 is 21.9 Å². The molecule has 6 aromatic rings. The van der Waals surface area contributed by atoms with Crippen LogP contribution in [0.2, 0.25) is 0 Å². The molecule has 0 saturated carbocycles. The van der Waals surface area contributed by atoms with Crippen LogP contribution in [0.25, 0.3) is 66.4 Å². The van der Waals surface area contributed by atoms with Gasteiger partial charge in [-0.1, -0.05) is 48.5 Å². The van der Waals surface area contributed by atoms with Crippen molar-refractivity contribution in [1.29, 1.82) is 21.0 Å². The average Bonchev–Trinajstić information content (AvgIpc) is 3.72. The van der Waals surface area contributed by atoms with Crippen molar-refractivity contribution in [3.8, 4) is 68.8 Å². The molecule has 304 valence electrons. The summed E-state index contributed by atoms with van der Waals surface area (Å²) in [5.41, 5.74) is -5.83. The lowest BCUT2D eigenvalue weighted by Crippen LogP contribution is -2.11. The fraction of sp³-hybridized carbons (Fsp3) is 0.0870. The summed E-state index contributed by atoms with van der Waals surface area (Å²) in [6, 6.07) is 23.5. The number of hydrogen-bond acceptors (Lipinski definition) is 4. The summed E-state index contributed by atoms with van der Waals surface area (Å²) in [5, 5.41) is 40.9. The van der Waals surface area contributed by atoms with Gasteiger partial charge in [-0.2, -0.15) is 73.7 Å². The van der Waals surface area contributed by atoms with Gasteiger partial charge in [-0.15, -0.1) is 0 Å². The fourth-order valence-electron chi connectivity index (χ4n) is 8.05. The lowest BCUT2D eigenvalue weighted by Gasteiger charge is -2.15. The van der Waals surface area contributed by atoms with Gasteiger partial charge in [0.05, 0.1) is 22.3 Å². The van der Waals surface area contributed by atoms with Gasteiger partial charge in [-0.3, -0.25) is 0 Å². The Balaban J connectivity index is 1.37. The molecule has 0 spiro atoms. The molecule has 0 unspecified atom stereocenters. The Morgan fingerprint density at radius 1 is 0.323 bits per heavy atom. The van der Waals surface area contributed by atoms with Crippen LogP contribution in [0.1, 0.15) is 44.5 Å². The summed E-state index contributed by atoms with van der Waals surface area (Å²) in [7, 11) is 0. The molecule has 0 saturated heterocycles. The highest BCUT2D eigenvalue weighted by Gasteiger charge is 2.40. The number of fused-ring (bicyclic) bond motifs is 9. The van der Waals surface area contributed by atoms with E-state index in [-0.39, 0.29) is 45.5 Å². The third-order valence-electron chi connectivity index (χ3n) is 10.6. The fourth-order valence-corrected chi connectivity index (χ4v) is 8.05. The van der Waals surface area contributed by atoms with Crippen LogP contribution in [0.4, 0.5) is 52.7 Å². The highest BCUT2D eigenvalue weighted by atomic mass is 19.4. The van der Waals surface area contributed by atoms with Crippen LogP contribution in [0.15, 0.2) is 108 Å². The van der Waals surface area contributed by atoms with E-state index >= 15 is 0 Å². The molecule has 2 aliphatic rings. The zero-order chi connectivity index (χ0) is 44.8. The van der Waals surface area contributed by atoms with E-state index in [1.54, 1.807) is 36.4 Å². The van der Waals surface area contributed by atoms with Gasteiger partial charge >= 0.3 is 24.7 Å². The van der Waals surface area contributed by atoms with Crippen molar-refractivity contribution in [2.75, 3.05) is 0 Å². The van der Waals surface area contributed by atoms with Gasteiger partial charge < -0.3 is 0 Å². The number of nitrogens with zero attached hydrogens (tertiary/aromatic N) is 4. The molecule has 0 aromatic heterocycles. The minimum absolute atomic E-state index is 0.0170. The molecule has 0 aliphatic heterocycles. The van der Waals surface area contributed by atoms with E-state index in [1.807, 2.05) is 0 Å². The molecule has 2 aliphatic carbocycles. The van der Waals surface area contributed by atoms with Gasteiger partial charge in [-0.25, -0.2) is 0 Å². The van der Waals surface area contributed by atoms with Gasteiger partial charge in [0.1, 0.15) is 35.4 Å². The van der Waals surface area contributed by atoms with E-state index in [0.717, 1.165) is 0 Å². The molecule has 0 bridgehead atoms. The van der Waals surface area contributed by atoms with Gasteiger partial charge in [0.25, 0.3) is 0 Å². The molecule has 62 heavy (non-hydrogen) atoms. The molecule has 0 N–H and O–H groups in total. The van der Waals surface area contributed by atoms with Crippen molar-refractivity contribution < 1.29 is 52.7 Å². The first kappa shape index (κ1) is 40.9. The van der Waals surface area contributed by atoms with E-state index in [1.165, 1.54) is 48.5 Å². The third kappa shape index (κ3) is 6.57. The first-order valence-electron chi connectivity index (χ1n) is 17.7. The van der Waals surface area contributed by atoms with Crippen LogP contribution in [-0.4, -0.2) is 0 Å². The summed E-state index contributed by atoms with van der Waals surface area (Å²) in [5.74, 6) is 0. The van der Waals surface area contributed by atoms with Crippen molar-refractivity contribution in [3.05, 3.63) is 153 Å². The van der Waals surface area contributed by atoms with Gasteiger partial charge in [-0.05, 0) is 126 Å². The van der Waals surface area contributed by atoms with Gasteiger partial charge in [0.15, 0.2) is 0 Å². The summed E-state index contributed by atoms with van der Waals surface area (Å²) in [6.07, 6.45) is -20.6. The van der Waals surface area contributed by atoms with Crippen LogP contribution < -0.4 is 0 Å². The smallest absolute Gasteiger partial charge is 0.192 e. The summed E-state index contributed by atoms with van der Waals surface area (Å²) in [6.45, 7) is 0. The number of alkyl halides is 12. The van der Waals surface area contributed by atoms with Crippen molar-refractivity contribution in [2.24, 2.45) is 0 Å². The van der Waals surface area contributed by atoms with Crippen LogP contribution >= 0.6 is 0 Å². The molecule has 0 atom stereocenters. The quantitative estimate of drug-likeness (QED) is 0.128. The van der Waals surface area contributed by atoms with Crippen molar-refractivity contribution in [2.45, 2.75) is 24.7 Å². The lowest BCUT2D eigenvalue weighted by atomic mass is 9.90. The molecule has 8 rings (SSSR count). The van der Waals surface area contributed by atoms with Gasteiger partial charge in [0, 0.05) is 11.1 Å². The lowest BCUT2D eigenvalue weighted by molar-refractivity contribution is -0.144. The minimum Gasteiger partial charge on any atom is -0.192 e. The van der Waals surface area contributed by atoms with Crippen LogP contribution in [0.3, 0.4) is 0 Å². The maximum atomic E-state index is 13.8. The van der Waals surface area contributed by atoms with Gasteiger partial charge in [0.2, 0.25) is 0 Å². The Morgan fingerprint density at radius 2 is 0.613 bits per heavy atom. The number of rotatable bonds is 2. The first-order chi connectivity index (χ1) is 29.1. The van der Waals surface area contributed by atoms with E-state index in [9.17, 15) is 73.7 Å². The standard InChI is InChI=1S/C46H16F12N4/c47-43(48,49)27-9-23(10-28(15-27)44(50,51)52)21-1-3-33-37(13-21)39(25(17-59)18-60)35-7-6-32-31(41(33)35)5-8-36-40(26(19-61)20-62)38-14-22(2-4-34(38)42(32)36)24-11-29(45(53,54)55)16-30(12-24)46(56,57)58/h1-16H. The predicted octanol–water partition coefficient (Wildman–Crippen LogP) is 13.9. The Morgan fingerprint density at radius 3 is 0.887 bits per heavy atom. The predicted molar refractivity (Wildman–Crippen MR) is 200 cm³/mol. The van der Waals surface area contributed by atoms with Crippen LogP contribution in [0, 0.1) is 45.3 Å². The number of nitriles is 4. The van der Waals surface area contributed by atoms with Crippen molar-refractivity contribution in [1.82, 2.24) is 0 Å². The molecule has 0 heterocycles. The molecular formula is C46H16F12N4. The zero-order valence-electron chi connectivity index (χ0n) is 30.6. The number of hydrogen-bond donors (Lipinski definition) is 0. The number of benzene rings is 6. The normalized spacial score (nSPS) is 13.0. The molecule has 0 amide bonds. The molecular weight excluding hydrogens is 837 g/mol. The minimum atomic E-state index is -5.15. The summed E-state index contributed by atoms with van der Waals surface area (Å²) in [4.78, 5) is 0. The van der Waals surface area contributed by atoms with E-state index < -0.39 is 69.2 Å². The highest BCUT2D eigenvalue weighted by molar-refractivity contribution is 6.20. The Bertz CT molecular complexity index is 2910. The van der Waals surface area contributed by atoms with Crippen LogP contribution in [0.5, 0.6) is 0 Å². The average molecular weight is 853 g/mol. The maximum absolute atomic E-state index is 13.8. The van der Waals surface area contributed by atoms with E-state index in [4.69, 9.17) is 0 Å². The summed E-state index contributed by atoms with van der Waals surface area (Å²) < 4.78 is 166. The maximum Gasteiger partial charge on any atom is 0.416 e.